The Balaban J connectivity index is 0.00000361. The number of ketones is 1. The zero-order valence-electron chi connectivity index (χ0n) is 21.5. The van der Waals surface area contributed by atoms with Gasteiger partial charge >= 0.3 is 0 Å². The molecule has 0 spiro atoms. The van der Waals surface area contributed by atoms with Crippen molar-refractivity contribution in [3.63, 3.8) is 0 Å². The molecule has 5 heteroatoms. The summed E-state index contributed by atoms with van der Waals surface area (Å²) in [4.78, 5) is 18.1. The van der Waals surface area contributed by atoms with Crippen LogP contribution in [0.25, 0.3) is 11.3 Å². The molecule has 2 aromatic carbocycles. The highest BCUT2D eigenvalue weighted by atomic mass is 16.5. The first-order valence-electron chi connectivity index (χ1n) is 13.0. The van der Waals surface area contributed by atoms with Gasteiger partial charge in [-0.3, -0.25) is 9.69 Å². The Labute approximate surface area is 217 Å². The van der Waals surface area contributed by atoms with Crippen LogP contribution in [-0.4, -0.2) is 55.1 Å². The number of aromatic nitrogens is 1. The zero-order chi connectivity index (χ0) is 24.6. The summed E-state index contributed by atoms with van der Waals surface area (Å²) >= 11 is 0. The number of carbonyl (C=O) groups excluding carboxylic acids is 1. The maximum atomic E-state index is 13.1. The standard InChI is InChI=1S/C30H39N3O2.CH4/c1-4-17-33-24(2)28(23-29(33)25-10-6-5-7-11-25)30(34)12-8-9-18-31-19-21-32(22-20-31)26-13-15-27(35-3)16-14-26;/h5-7,10-11,13-16,23H,4,8-9,12,17-22H2,1-3H3;1H4. The third kappa shape index (κ3) is 6.58. The number of nitrogens with zero attached hydrogens (tertiary/aromatic N) is 3. The van der Waals surface area contributed by atoms with Crippen molar-refractivity contribution in [2.75, 3.05) is 44.7 Å². The average Bonchev–Trinajstić information content (AvgIpc) is 3.23. The molecule has 3 aromatic rings. The lowest BCUT2D eigenvalue weighted by Crippen LogP contribution is -2.46. The summed E-state index contributed by atoms with van der Waals surface area (Å²) in [5, 5.41) is 0. The molecule has 194 valence electrons. The Morgan fingerprint density at radius 3 is 2.25 bits per heavy atom. The third-order valence-electron chi connectivity index (χ3n) is 7.12. The van der Waals surface area contributed by atoms with Crippen LogP contribution in [0.1, 0.15) is 56.1 Å². The summed E-state index contributed by atoms with van der Waals surface area (Å²) in [5.74, 6) is 1.18. The van der Waals surface area contributed by atoms with Crippen LogP contribution in [-0.2, 0) is 6.54 Å². The molecule has 0 amide bonds. The van der Waals surface area contributed by atoms with Crippen LogP contribution in [0.4, 0.5) is 5.69 Å². The van der Waals surface area contributed by atoms with Gasteiger partial charge in [-0.25, -0.2) is 0 Å². The van der Waals surface area contributed by atoms with E-state index in [2.05, 4.69) is 70.7 Å². The lowest BCUT2D eigenvalue weighted by molar-refractivity contribution is 0.0977. The molecule has 0 N–H and O–H groups in total. The van der Waals surface area contributed by atoms with Crippen LogP contribution < -0.4 is 9.64 Å². The Kier molecular flexibility index (Phi) is 10.2. The lowest BCUT2D eigenvalue weighted by atomic mass is 10.0. The fraction of sp³-hybridized carbons (Fsp3) is 0.452. The number of benzene rings is 2. The predicted octanol–water partition coefficient (Wildman–Crippen LogP) is 6.69. The van der Waals surface area contributed by atoms with Crippen LogP contribution in [0.2, 0.25) is 0 Å². The molecule has 1 saturated heterocycles. The Hall–Kier alpha value is -3.05. The molecule has 1 aliphatic heterocycles. The minimum atomic E-state index is 0. The van der Waals surface area contributed by atoms with Gasteiger partial charge in [0, 0.05) is 61.8 Å². The van der Waals surface area contributed by atoms with Crippen molar-refractivity contribution in [3.05, 3.63) is 71.9 Å². The van der Waals surface area contributed by atoms with Crippen molar-refractivity contribution < 1.29 is 9.53 Å². The van der Waals surface area contributed by atoms with Gasteiger partial charge in [-0.05, 0) is 68.6 Å². The summed E-state index contributed by atoms with van der Waals surface area (Å²) in [6.45, 7) is 10.5. The number of unbranched alkanes of at least 4 members (excludes halogenated alkanes) is 1. The van der Waals surface area contributed by atoms with Crippen LogP contribution in [0, 0.1) is 6.92 Å². The SMILES string of the molecule is C.CCCn1c(-c2ccccc2)cc(C(=O)CCCCN2CCN(c3ccc(OC)cc3)CC2)c1C. The van der Waals surface area contributed by atoms with E-state index in [1.54, 1.807) is 7.11 Å². The van der Waals surface area contributed by atoms with Gasteiger partial charge in [0.1, 0.15) is 5.75 Å². The van der Waals surface area contributed by atoms with E-state index in [9.17, 15) is 4.79 Å². The number of piperazine rings is 1. The van der Waals surface area contributed by atoms with E-state index >= 15 is 0 Å². The molecule has 5 nitrogen and oxygen atoms in total. The molecule has 0 atom stereocenters. The second-order valence-electron chi connectivity index (χ2n) is 9.45. The molecule has 0 bridgehead atoms. The predicted molar refractivity (Wildman–Crippen MR) is 151 cm³/mol. The monoisotopic (exact) mass is 489 g/mol. The molecular weight excluding hydrogens is 446 g/mol. The number of rotatable bonds is 11. The molecular formula is C31H43N3O2. The summed E-state index contributed by atoms with van der Waals surface area (Å²) in [6.07, 6.45) is 3.68. The Morgan fingerprint density at radius 2 is 1.61 bits per heavy atom. The molecule has 0 saturated carbocycles. The lowest BCUT2D eigenvalue weighted by Gasteiger charge is -2.36. The number of hydrogen-bond acceptors (Lipinski definition) is 4. The fourth-order valence-electron chi connectivity index (χ4n) is 5.07. The molecule has 4 rings (SSSR count). The van der Waals surface area contributed by atoms with Gasteiger partial charge in [0.15, 0.2) is 5.78 Å². The maximum absolute atomic E-state index is 13.1. The van der Waals surface area contributed by atoms with Gasteiger partial charge in [0.25, 0.3) is 0 Å². The number of carbonyl (C=O) groups is 1. The summed E-state index contributed by atoms with van der Waals surface area (Å²) < 4.78 is 7.58. The second kappa shape index (κ2) is 13.3. The van der Waals surface area contributed by atoms with Gasteiger partial charge in [0.05, 0.1) is 7.11 Å². The molecule has 0 radical (unpaired) electrons. The minimum absolute atomic E-state index is 0. The van der Waals surface area contributed by atoms with Crippen molar-refractivity contribution in [1.82, 2.24) is 9.47 Å². The van der Waals surface area contributed by atoms with Gasteiger partial charge in [-0.2, -0.15) is 0 Å². The van der Waals surface area contributed by atoms with Gasteiger partial charge < -0.3 is 14.2 Å². The first-order chi connectivity index (χ1) is 17.1. The van der Waals surface area contributed by atoms with Crippen LogP contribution in [0.3, 0.4) is 0 Å². The van der Waals surface area contributed by atoms with Crippen molar-refractivity contribution in [2.45, 2.75) is 53.5 Å². The summed E-state index contributed by atoms with van der Waals surface area (Å²) in [6, 6.07) is 20.9. The van der Waals surface area contributed by atoms with E-state index < -0.39 is 0 Å². The van der Waals surface area contributed by atoms with E-state index in [4.69, 9.17) is 4.74 Å². The molecule has 1 fully saturated rings. The molecule has 36 heavy (non-hydrogen) atoms. The van der Waals surface area contributed by atoms with Crippen LogP contribution in [0.5, 0.6) is 5.75 Å². The van der Waals surface area contributed by atoms with Gasteiger partial charge in [0.2, 0.25) is 0 Å². The first kappa shape index (κ1) is 27.5. The number of anilines is 1. The zero-order valence-corrected chi connectivity index (χ0v) is 21.5. The van der Waals surface area contributed by atoms with Crippen molar-refractivity contribution in [3.8, 4) is 17.0 Å². The Morgan fingerprint density at radius 1 is 0.917 bits per heavy atom. The van der Waals surface area contributed by atoms with Gasteiger partial charge in [-0.15, -0.1) is 0 Å². The quantitative estimate of drug-likeness (QED) is 0.222. The van der Waals surface area contributed by atoms with Crippen LogP contribution >= 0.6 is 0 Å². The highest BCUT2D eigenvalue weighted by molar-refractivity contribution is 5.98. The molecule has 0 aliphatic carbocycles. The molecule has 0 unspecified atom stereocenters. The number of hydrogen-bond donors (Lipinski definition) is 0. The molecule has 1 aliphatic rings. The van der Waals surface area contributed by atoms with E-state index in [1.165, 1.54) is 11.3 Å². The summed E-state index contributed by atoms with van der Waals surface area (Å²) in [7, 11) is 1.70. The van der Waals surface area contributed by atoms with Crippen molar-refractivity contribution >= 4 is 11.5 Å². The largest absolute Gasteiger partial charge is 0.497 e. The highest BCUT2D eigenvalue weighted by Crippen LogP contribution is 2.27. The number of methoxy groups -OCH3 is 1. The average molecular weight is 490 g/mol. The highest BCUT2D eigenvalue weighted by Gasteiger charge is 2.19. The van der Waals surface area contributed by atoms with Crippen molar-refractivity contribution in [2.24, 2.45) is 0 Å². The van der Waals surface area contributed by atoms with E-state index in [-0.39, 0.29) is 13.2 Å². The van der Waals surface area contributed by atoms with E-state index in [0.29, 0.717) is 6.42 Å². The first-order valence-corrected chi connectivity index (χ1v) is 13.0. The third-order valence-corrected chi connectivity index (χ3v) is 7.12. The number of ether oxygens (including phenoxy) is 1. The minimum Gasteiger partial charge on any atom is -0.497 e. The van der Waals surface area contributed by atoms with E-state index in [1.807, 2.05) is 18.2 Å². The molecule has 1 aromatic heterocycles. The normalized spacial score (nSPS) is 13.9. The summed E-state index contributed by atoms with van der Waals surface area (Å²) in [5.41, 5.74) is 5.59. The smallest absolute Gasteiger partial charge is 0.164 e. The van der Waals surface area contributed by atoms with Crippen LogP contribution in [0.15, 0.2) is 60.7 Å². The van der Waals surface area contributed by atoms with Gasteiger partial charge in [-0.1, -0.05) is 44.7 Å². The molecule has 2 heterocycles. The van der Waals surface area contributed by atoms with Crippen molar-refractivity contribution in [1.29, 1.82) is 0 Å². The fourth-order valence-corrected chi connectivity index (χ4v) is 5.07. The topological polar surface area (TPSA) is 37.7 Å². The Bertz CT molecular complexity index is 1080. The van der Waals surface area contributed by atoms with E-state index in [0.717, 1.165) is 81.2 Å². The maximum Gasteiger partial charge on any atom is 0.164 e. The second-order valence-corrected chi connectivity index (χ2v) is 9.45. The number of Topliss-reactive ketones (excluding diaryl/α,β-unsaturated/α-hetero) is 1.